The van der Waals surface area contributed by atoms with Crippen LogP contribution in [0.5, 0.6) is 0 Å². The van der Waals surface area contributed by atoms with Crippen molar-refractivity contribution in [2.75, 3.05) is 20.1 Å². The highest BCUT2D eigenvalue weighted by atomic mass is 32.1. The topological polar surface area (TPSA) is 66.9 Å². The van der Waals surface area contributed by atoms with E-state index >= 15 is 0 Å². The lowest BCUT2D eigenvalue weighted by atomic mass is 10.3. The number of hydrogen-bond acceptors (Lipinski definition) is 5. The Kier molecular flexibility index (Phi) is 4.48. The molecule has 0 bridgehead atoms. The number of nitrogens with zero attached hydrogens (tertiary/aromatic N) is 2. The maximum Gasteiger partial charge on any atom is 0.264 e. The van der Waals surface area contributed by atoms with Crippen molar-refractivity contribution in [1.82, 2.24) is 20.2 Å². The van der Waals surface area contributed by atoms with Gasteiger partial charge in [0.1, 0.15) is 4.88 Å². The number of carbonyl (C=O) groups is 1. The second-order valence-electron chi connectivity index (χ2n) is 2.76. The summed E-state index contributed by atoms with van der Waals surface area (Å²) in [6.45, 7) is 3.34. The van der Waals surface area contributed by atoms with Gasteiger partial charge < -0.3 is 10.6 Å². The Hall–Kier alpha value is -1.01. The molecule has 0 aliphatic heterocycles. The monoisotopic (exact) mass is 214 g/mol. The van der Waals surface area contributed by atoms with Crippen molar-refractivity contribution in [2.45, 2.75) is 13.3 Å². The second kappa shape index (κ2) is 5.66. The molecule has 1 aromatic rings. The lowest BCUT2D eigenvalue weighted by molar-refractivity contribution is 0.0957. The van der Waals surface area contributed by atoms with Crippen molar-refractivity contribution in [3.05, 3.63) is 10.6 Å². The van der Waals surface area contributed by atoms with Gasteiger partial charge in [-0.15, -0.1) is 5.10 Å². The van der Waals surface area contributed by atoms with Crippen LogP contribution in [0.15, 0.2) is 0 Å². The SMILES string of the molecule is CCc1nnsc1C(=O)NCCNC. The van der Waals surface area contributed by atoms with E-state index in [9.17, 15) is 4.79 Å². The van der Waals surface area contributed by atoms with E-state index in [2.05, 4.69) is 20.2 Å². The van der Waals surface area contributed by atoms with E-state index in [1.54, 1.807) is 0 Å². The Morgan fingerprint density at radius 1 is 1.50 bits per heavy atom. The Balaban J connectivity index is 2.51. The van der Waals surface area contributed by atoms with Gasteiger partial charge in [-0.2, -0.15) is 0 Å². The van der Waals surface area contributed by atoms with Crippen molar-refractivity contribution in [3.8, 4) is 0 Å². The van der Waals surface area contributed by atoms with Crippen LogP contribution in [0, 0.1) is 0 Å². The van der Waals surface area contributed by atoms with Gasteiger partial charge in [0, 0.05) is 13.1 Å². The fraction of sp³-hybridized carbons (Fsp3) is 0.625. The van der Waals surface area contributed by atoms with Crippen molar-refractivity contribution in [3.63, 3.8) is 0 Å². The molecule has 0 atom stereocenters. The summed E-state index contributed by atoms with van der Waals surface area (Å²) in [4.78, 5) is 12.2. The van der Waals surface area contributed by atoms with Crippen molar-refractivity contribution < 1.29 is 4.79 Å². The number of carbonyl (C=O) groups excluding carboxylic acids is 1. The number of amides is 1. The van der Waals surface area contributed by atoms with Gasteiger partial charge in [-0.25, -0.2) is 0 Å². The molecular weight excluding hydrogens is 200 g/mol. The fourth-order valence-corrected chi connectivity index (χ4v) is 1.66. The number of aromatic nitrogens is 2. The summed E-state index contributed by atoms with van der Waals surface area (Å²) in [6.07, 6.45) is 0.741. The molecule has 0 saturated heterocycles. The average molecular weight is 214 g/mol. The van der Waals surface area contributed by atoms with E-state index < -0.39 is 0 Å². The highest BCUT2D eigenvalue weighted by molar-refractivity contribution is 7.08. The summed E-state index contributed by atoms with van der Waals surface area (Å²) in [7, 11) is 1.85. The van der Waals surface area contributed by atoms with Gasteiger partial charge in [-0.05, 0) is 25.0 Å². The number of aryl methyl sites for hydroxylation is 1. The van der Waals surface area contributed by atoms with Gasteiger partial charge in [-0.1, -0.05) is 11.4 Å². The molecule has 1 heterocycles. The molecule has 1 rings (SSSR count). The van der Waals surface area contributed by atoms with Crippen LogP contribution in [0.25, 0.3) is 0 Å². The predicted octanol–water partition coefficient (Wildman–Crippen LogP) is 0.0497. The molecule has 0 unspecified atom stereocenters. The first-order chi connectivity index (χ1) is 6.79. The summed E-state index contributed by atoms with van der Waals surface area (Å²) in [5, 5.41) is 9.62. The quantitative estimate of drug-likeness (QED) is 0.680. The summed E-state index contributed by atoms with van der Waals surface area (Å²) < 4.78 is 3.76. The van der Waals surface area contributed by atoms with Crippen LogP contribution < -0.4 is 10.6 Å². The maximum absolute atomic E-state index is 11.6. The van der Waals surface area contributed by atoms with Crippen LogP contribution >= 0.6 is 11.5 Å². The molecule has 78 valence electrons. The smallest absolute Gasteiger partial charge is 0.264 e. The third kappa shape index (κ3) is 2.74. The molecule has 0 spiro atoms. The van der Waals surface area contributed by atoms with E-state index in [0.717, 1.165) is 30.2 Å². The average Bonchev–Trinajstić information content (AvgIpc) is 2.65. The first kappa shape index (κ1) is 11.1. The van der Waals surface area contributed by atoms with Crippen LogP contribution in [-0.2, 0) is 6.42 Å². The summed E-state index contributed by atoms with van der Waals surface area (Å²) in [6, 6.07) is 0. The molecule has 0 aromatic carbocycles. The van der Waals surface area contributed by atoms with Crippen LogP contribution in [-0.4, -0.2) is 35.6 Å². The molecule has 0 aliphatic rings. The van der Waals surface area contributed by atoms with Crippen LogP contribution in [0.3, 0.4) is 0 Å². The van der Waals surface area contributed by atoms with Gasteiger partial charge in [0.15, 0.2) is 0 Å². The molecule has 0 radical (unpaired) electrons. The van der Waals surface area contributed by atoms with Crippen LogP contribution in [0.4, 0.5) is 0 Å². The van der Waals surface area contributed by atoms with Gasteiger partial charge in [0.2, 0.25) is 0 Å². The molecule has 6 heteroatoms. The van der Waals surface area contributed by atoms with Crippen molar-refractivity contribution in [1.29, 1.82) is 0 Å². The largest absolute Gasteiger partial charge is 0.350 e. The van der Waals surface area contributed by atoms with Gasteiger partial charge in [-0.3, -0.25) is 4.79 Å². The van der Waals surface area contributed by atoms with E-state index in [4.69, 9.17) is 0 Å². The summed E-state index contributed by atoms with van der Waals surface area (Å²) >= 11 is 1.15. The first-order valence-corrected chi connectivity index (χ1v) is 5.31. The molecule has 14 heavy (non-hydrogen) atoms. The third-order valence-corrected chi connectivity index (χ3v) is 2.52. The van der Waals surface area contributed by atoms with E-state index in [1.807, 2.05) is 14.0 Å². The standard InChI is InChI=1S/C8H14N4OS/c1-3-6-7(14-12-11-6)8(13)10-5-4-9-2/h9H,3-5H2,1-2H3,(H,10,13). The molecule has 1 amide bonds. The Morgan fingerprint density at radius 3 is 2.93 bits per heavy atom. The number of hydrogen-bond donors (Lipinski definition) is 2. The molecule has 0 aliphatic carbocycles. The lowest BCUT2D eigenvalue weighted by Crippen LogP contribution is -2.30. The zero-order chi connectivity index (χ0) is 10.4. The minimum atomic E-state index is -0.0768. The van der Waals surface area contributed by atoms with Crippen LogP contribution in [0.2, 0.25) is 0 Å². The predicted molar refractivity (Wildman–Crippen MR) is 55.5 cm³/mol. The molecule has 5 nitrogen and oxygen atoms in total. The van der Waals surface area contributed by atoms with Gasteiger partial charge in [0.05, 0.1) is 5.69 Å². The van der Waals surface area contributed by atoms with E-state index in [-0.39, 0.29) is 5.91 Å². The molecule has 0 saturated carbocycles. The van der Waals surface area contributed by atoms with Crippen molar-refractivity contribution in [2.24, 2.45) is 0 Å². The Labute approximate surface area is 87.1 Å². The Morgan fingerprint density at radius 2 is 2.29 bits per heavy atom. The van der Waals surface area contributed by atoms with Gasteiger partial charge in [0.25, 0.3) is 5.91 Å². The lowest BCUT2D eigenvalue weighted by Gasteiger charge is -2.02. The van der Waals surface area contributed by atoms with Crippen molar-refractivity contribution >= 4 is 17.4 Å². The molecule has 0 fully saturated rings. The molecule has 2 N–H and O–H groups in total. The highest BCUT2D eigenvalue weighted by Gasteiger charge is 2.13. The molecule has 1 aromatic heterocycles. The number of rotatable bonds is 5. The first-order valence-electron chi connectivity index (χ1n) is 4.53. The minimum Gasteiger partial charge on any atom is -0.350 e. The van der Waals surface area contributed by atoms with Gasteiger partial charge >= 0.3 is 0 Å². The van der Waals surface area contributed by atoms with E-state index in [1.165, 1.54) is 0 Å². The third-order valence-electron chi connectivity index (χ3n) is 1.76. The zero-order valence-electron chi connectivity index (χ0n) is 8.33. The maximum atomic E-state index is 11.6. The molecular formula is C8H14N4OS. The number of nitrogens with one attached hydrogen (secondary N) is 2. The van der Waals surface area contributed by atoms with Crippen LogP contribution in [0.1, 0.15) is 22.3 Å². The second-order valence-corrected chi connectivity index (χ2v) is 3.52. The normalized spacial score (nSPS) is 10.1. The zero-order valence-corrected chi connectivity index (χ0v) is 9.15. The van der Waals surface area contributed by atoms with E-state index in [0.29, 0.717) is 11.4 Å². The summed E-state index contributed by atoms with van der Waals surface area (Å²) in [5.41, 5.74) is 0.775. The summed E-state index contributed by atoms with van der Waals surface area (Å²) in [5.74, 6) is -0.0768. The number of likely N-dealkylation sites (N-methyl/N-ethyl adjacent to an activating group) is 1. The fourth-order valence-electron chi connectivity index (χ4n) is 0.994. The minimum absolute atomic E-state index is 0.0768. The Bertz CT molecular complexity index is 299. The highest BCUT2D eigenvalue weighted by Crippen LogP contribution is 2.10.